The van der Waals surface area contributed by atoms with Crippen molar-refractivity contribution in [2.24, 2.45) is 0 Å². The number of hydrogen-bond acceptors (Lipinski definition) is 3. The monoisotopic (exact) mass is 288 g/mol. The molecule has 20 heavy (non-hydrogen) atoms. The van der Waals surface area contributed by atoms with E-state index in [0.29, 0.717) is 6.42 Å². The lowest BCUT2D eigenvalue weighted by atomic mass is 9.94. The smallest absolute Gasteiger partial charge is 0.367 e. The van der Waals surface area contributed by atoms with Crippen LogP contribution in [-0.4, -0.2) is 22.2 Å². The Morgan fingerprint density at radius 3 is 2.45 bits per heavy atom. The van der Waals surface area contributed by atoms with Crippen molar-refractivity contribution in [3.63, 3.8) is 0 Å². The molecule has 1 aromatic heterocycles. The van der Waals surface area contributed by atoms with Crippen molar-refractivity contribution in [1.82, 2.24) is 4.98 Å². The van der Waals surface area contributed by atoms with Gasteiger partial charge in [-0.25, -0.2) is 4.98 Å². The summed E-state index contributed by atoms with van der Waals surface area (Å²) in [5.41, 5.74) is -1.67. The van der Waals surface area contributed by atoms with Crippen LogP contribution in [0.2, 0.25) is 0 Å². The van der Waals surface area contributed by atoms with Crippen molar-refractivity contribution in [3.8, 4) is 0 Å². The third-order valence-corrected chi connectivity index (χ3v) is 3.50. The van der Waals surface area contributed by atoms with Crippen LogP contribution in [0.4, 0.5) is 19.0 Å². The second kappa shape index (κ2) is 4.62. The molecule has 1 unspecified atom stereocenters. The highest BCUT2D eigenvalue weighted by Gasteiger charge is 2.46. The van der Waals surface area contributed by atoms with Crippen LogP contribution in [0.5, 0.6) is 0 Å². The molecule has 1 saturated heterocycles. The van der Waals surface area contributed by atoms with E-state index in [1.54, 1.807) is 0 Å². The summed E-state index contributed by atoms with van der Waals surface area (Å²) in [6.07, 6.45) is -2.45. The first-order valence-corrected chi connectivity index (χ1v) is 6.50. The van der Waals surface area contributed by atoms with Crippen molar-refractivity contribution in [1.29, 1.82) is 0 Å². The Morgan fingerprint density at radius 2 is 1.95 bits per heavy atom. The van der Waals surface area contributed by atoms with E-state index in [9.17, 15) is 13.2 Å². The molecule has 0 bridgehead atoms. The first kappa shape index (κ1) is 15.1. The van der Waals surface area contributed by atoms with E-state index in [2.05, 4.69) is 10.3 Å². The highest BCUT2D eigenvalue weighted by atomic mass is 19.4. The lowest BCUT2D eigenvalue weighted by Crippen LogP contribution is -2.38. The predicted octanol–water partition coefficient (Wildman–Crippen LogP) is 3.86. The quantitative estimate of drug-likeness (QED) is 0.897. The number of anilines is 1. The van der Waals surface area contributed by atoms with E-state index in [0.717, 1.165) is 6.07 Å². The highest BCUT2D eigenvalue weighted by Crippen LogP contribution is 2.40. The number of nitrogens with one attached hydrogen (secondary N) is 1. The van der Waals surface area contributed by atoms with Gasteiger partial charge in [-0.15, -0.1) is 0 Å². The second-order valence-corrected chi connectivity index (χ2v) is 6.26. The maximum Gasteiger partial charge on any atom is 0.419 e. The molecule has 0 aliphatic carbocycles. The van der Waals surface area contributed by atoms with Crippen LogP contribution >= 0.6 is 0 Å². The number of ether oxygens (including phenoxy) is 1. The number of alkyl halides is 3. The fourth-order valence-corrected chi connectivity index (χ4v) is 2.70. The van der Waals surface area contributed by atoms with E-state index in [1.807, 2.05) is 27.7 Å². The largest absolute Gasteiger partial charge is 0.419 e. The van der Waals surface area contributed by atoms with Crippen LogP contribution in [0.15, 0.2) is 18.3 Å². The van der Waals surface area contributed by atoms with Gasteiger partial charge in [-0.3, -0.25) is 0 Å². The molecular formula is C14H19F3N2O. The Bertz CT molecular complexity index is 497. The molecule has 2 heterocycles. The van der Waals surface area contributed by atoms with Gasteiger partial charge in [0.25, 0.3) is 0 Å². The van der Waals surface area contributed by atoms with Crippen LogP contribution in [-0.2, 0) is 10.9 Å². The van der Waals surface area contributed by atoms with Gasteiger partial charge in [0, 0.05) is 6.20 Å². The molecule has 1 aliphatic heterocycles. The molecule has 0 radical (unpaired) electrons. The third kappa shape index (κ3) is 3.06. The van der Waals surface area contributed by atoms with Gasteiger partial charge >= 0.3 is 6.18 Å². The van der Waals surface area contributed by atoms with Crippen molar-refractivity contribution < 1.29 is 17.9 Å². The number of aromatic nitrogens is 1. The Morgan fingerprint density at radius 1 is 1.30 bits per heavy atom. The zero-order valence-electron chi connectivity index (χ0n) is 12.0. The van der Waals surface area contributed by atoms with Gasteiger partial charge in [0.2, 0.25) is 0 Å². The highest BCUT2D eigenvalue weighted by molar-refractivity contribution is 5.47. The van der Waals surface area contributed by atoms with Gasteiger partial charge in [0.15, 0.2) is 0 Å². The summed E-state index contributed by atoms with van der Waals surface area (Å²) in [5.74, 6) is -0.139. The second-order valence-electron chi connectivity index (χ2n) is 6.26. The molecule has 1 N–H and O–H groups in total. The third-order valence-electron chi connectivity index (χ3n) is 3.50. The minimum absolute atomic E-state index is 0.139. The average Bonchev–Trinajstić information content (AvgIpc) is 2.45. The summed E-state index contributed by atoms with van der Waals surface area (Å²) in [6, 6.07) is 2.09. The maximum absolute atomic E-state index is 13.0. The first-order valence-electron chi connectivity index (χ1n) is 6.50. The molecule has 1 aliphatic rings. The zero-order valence-corrected chi connectivity index (χ0v) is 12.0. The molecule has 0 saturated carbocycles. The minimum Gasteiger partial charge on any atom is -0.367 e. The standard InChI is InChI=1S/C14H19F3N2O/c1-12(2)8-10(13(3,4)20-12)19-11-9(14(15,16)17)6-5-7-18-11/h5-7,10H,8H2,1-4H3,(H,18,19). The van der Waals surface area contributed by atoms with Crippen molar-refractivity contribution in [2.45, 2.75) is 57.5 Å². The lowest BCUT2D eigenvalue weighted by Gasteiger charge is -2.28. The lowest BCUT2D eigenvalue weighted by molar-refractivity contribution is -0.137. The Kier molecular flexibility index (Phi) is 3.48. The minimum atomic E-state index is -4.42. The number of halogens is 3. The van der Waals surface area contributed by atoms with Crippen molar-refractivity contribution in [2.75, 3.05) is 5.32 Å². The molecule has 112 valence electrons. The summed E-state index contributed by atoms with van der Waals surface area (Å²) >= 11 is 0. The van der Waals surface area contributed by atoms with Gasteiger partial charge < -0.3 is 10.1 Å². The number of hydrogen-bond donors (Lipinski definition) is 1. The zero-order chi connectivity index (χ0) is 15.2. The molecule has 0 spiro atoms. The topological polar surface area (TPSA) is 34.2 Å². The molecule has 0 amide bonds. The molecule has 6 heteroatoms. The van der Waals surface area contributed by atoms with E-state index >= 15 is 0 Å². The van der Waals surface area contributed by atoms with Gasteiger partial charge in [0.1, 0.15) is 5.82 Å². The fourth-order valence-electron chi connectivity index (χ4n) is 2.70. The number of nitrogens with zero attached hydrogens (tertiary/aromatic N) is 1. The van der Waals surface area contributed by atoms with Crippen molar-refractivity contribution in [3.05, 3.63) is 23.9 Å². The van der Waals surface area contributed by atoms with Crippen LogP contribution in [0, 0.1) is 0 Å². The average molecular weight is 288 g/mol. The van der Waals surface area contributed by atoms with E-state index in [1.165, 1.54) is 12.3 Å². The summed E-state index contributed by atoms with van der Waals surface area (Å²) in [6.45, 7) is 7.60. The molecular weight excluding hydrogens is 269 g/mol. The van der Waals surface area contributed by atoms with E-state index in [-0.39, 0.29) is 17.5 Å². The van der Waals surface area contributed by atoms with Crippen LogP contribution < -0.4 is 5.32 Å². The normalized spacial score (nSPS) is 24.6. The Hall–Kier alpha value is -1.30. The Labute approximate surface area is 116 Å². The van der Waals surface area contributed by atoms with E-state index < -0.39 is 17.3 Å². The molecule has 1 aromatic rings. The van der Waals surface area contributed by atoms with Gasteiger partial charge in [-0.1, -0.05) is 0 Å². The summed E-state index contributed by atoms with van der Waals surface area (Å²) < 4.78 is 44.7. The summed E-state index contributed by atoms with van der Waals surface area (Å²) in [4.78, 5) is 3.84. The first-order chi connectivity index (χ1) is 9.01. The van der Waals surface area contributed by atoms with Crippen molar-refractivity contribution >= 4 is 5.82 Å². The molecule has 1 fully saturated rings. The van der Waals surface area contributed by atoms with Gasteiger partial charge in [-0.2, -0.15) is 13.2 Å². The van der Waals surface area contributed by atoms with E-state index in [4.69, 9.17) is 4.74 Å². The predicted molar refractivity (Wildman–Crippen MR) is 70.5 cm³/mol. The SMILES string of the molecule is CC1(C)CC(Nc2ncccc2C(F)(F)F)C(C)(C)O1. The van der Waals surface area contributed by atoms with Gasteiger partial charge in [-0.05, 0) is 46.2 Å². The molecule has 3 nitrogen and oxygen atoms in total. The molecule has 1 atom stereocenters. The van der Waals surface area contributed by atoms with Crippen LogP contribution in [0.25, 0.3) is 0 Å². The number of pyridine rings is 1. The maximum atomic E-state index is 13.0. The molecule has 2 rings (SSSR count). The Balaban J connectivity index is 2.28. The van der Waals surface area contributed by atoms with Gasteiger partial charge in [0.05, 0.1) is 22.8 Å². The molecule has 0 aromatic carbocycles. The fraction of sp³-hybridized carbons (Fsp3) is 0.643. The summed E-state index contributed by atoms with van der Waals surface area (Å²) in [5, 5.41) is 2.91. The number of rotatable bonds is 2. The summed E-state index contributed by atoms with van der Waals surface area (Å²) in [7, 11) is 0. The van der Waals surface area contributed by atoms with Crippen LogP contribution in [0.3, 0.4) is 0 Å². The van der Waals surface area contributed by atoms with Crippen LogP contribution in [0.1, 0.15) is 39.7 Å².